The van der Waals surface area contributed by atoms with Gasteiger partial charge in [-0.1, -0.05) is 0 Å². The molecule has 0 radical (unpaired) electrons. The molecule has 11 nitrogen and oxygen atoms in total. The summed E-state index contributed by atoms with van der Waals surface area (Å²) in [4.78, 5) is 23.8. The molecule has 0 aromatic heterocycles. The number of nitrogens with two attached hydrogens (primary N) is 2. The van der Waals surface area contributed by atoms with Gasteiger partial charge in [-0.3, -0.25) is 14.1 Å². The van der Waals surface area contributed by atoms with Crippen molar-refractivity contribution in [3.8, 4) is 11.5 Å². The highest BCUT2D eigenvalue weighted by molar-refractivity contribution is 7.85. The zero-order chi connectivity index (χ0) is 29.6. The maximum absolute atomic E-state index is 11.9. The molecule has 0 bridgehead atoms. The molecule has 0 fully saturated rings. The topological polar surface area (TPSA) is 183 Å². The first-order valence-corrected chi connectivity index (χ1v) is 15.3. The van der Waals surface area contributed by atoms with Crippen LogP contribution in [0, 0.1) is 0 Å². The molecule has 2 amide bonds. The Morgan fingerprint density at radius 3 is 1.38 bits per heavy atom. The Labute approximate surface area is 237 Å². The molecule has 0 atom stereocenters. The van der Waals surface area contributed by atoms with E-state index >= 15 is 0 Å². The molecule has 0 aliphatic heterocycles. The van der Waals surface area contributed by atoms with Crippen molar-refractivity contribution in [3.63, 3.8) is 0 Å². The fraction of sp³-hybridized carbons (Fsp3) is 0.500. The van der Waals surface area contributed by atoms with Gasteiger partial charge in [0.05, 0.1) is 19.5 Å². The number of anilines is 2. The van der Waals surface area contributed by atoms with Crippen LogP contribution in [0.2, 0.25) is 0 Å². The van der Waals surface area contributed by atoms with Crippen molar-refractivity contribution in [2.75, 3.05) is 44.0 Å². The Kier molecular flexibility index (Phi) is 17.6. The average molecular weight is 581 g/mol. The second-order valence-corrected chi connectivity index (χ2v) is 10.7. The number of rotatable bonds is 18. The van der Waals surface area contributed by atoms with Crippen LogP contribution in [0.4, 0.5) is 11.4 Å². The molecule has 12 heteroatoms. The zero-order valence-corrected chi connectivity index (χ0v) is 24.1. The molecule has 2 aromatic carbocycles. The number of unbranched alkanes of at least 4 members (excludes halogenated alkanes) is 4. The van der Waals surface area contributed by atoms with Gasteiger partial charge in [0.25, 0.3) is 10.1 Å². The Morgan fingerprint density at radius 1 is 0.675 bits per heavy atom. The molecule has 0 saturated heterocycles. The van der Waals surface area contributed by atoms with Crippen LogP contribution in [0.5, 0.6) is 11.5 Å². The minimum atomic E-state index is -3.67. The fourth-order valence-corrected chi connectivity index (χ4v) is 3.36. The van der Waals surface area contributed by atoms with E-state index in [0.717, 1.165) is 61.4 Å². The van der Waals surface area contributed by atoms with Gasteiger partial charge in [0, 0.05) is 37.3 Å². The normalized spacial score (nSPS) is 10.7. The predicted molar refractivity (Wildman–Crippen MR) is 158 cm³/mol. The first-order chi connectivity index (χ1) is 19.0. The SMILES string of the molecule is CS(=O)(=O)O.Nc1ccc(OCCCCCNC(=O)CCCC(=O)NCCCCCOc2ccc(N)cc2)cc1. The Bertz CT molecular complexity index is 999. The van der Waals surface area contributed by atoms with Gasteiger partial charge >= 0.3 is 0 Å². The number of hydrogen-bond acceptors (Lipinski definition) is 8. The highest BCUT2D eigenvalue weighted by Crippen LogP contribution is 2.14. The van der Waals surface area contributed by atoms with E-state index in [-0.39, 0.29) is 11.8 Å². The molecule has 0 heterocycles. The smallest absolute Gasteiger partial charge is 0.261 e. The van der Waals surface area contributed by atoms with Gasteiger partial charge in [-0.25, -0.2) is 0 Å². The summed E-state index contributed by atoms with van der Waals surface area (Å²) in [5.74, 6) is 1.63. The number of nitrogens with one attached hydrogen (secondary N) is 2. The molecule has 0 spiro atoms. The van der Waals surface area contributed by atoms with Crippen LogP contribution in [0.3, 0.4) is 0 Å². The third-order valence-electron chi connectivity index (χ3n) is 5.39. The summed E-state index contributed by atoms with van der Waals surface area (Å²) in [5.41, 5.74) is 12.7. The molecule has 40 heavy (non-hydrogen) atoms. The zero-order valence-electron chi connectivity index (χ0n) is 23.3. The highest BCUT2D eigenvalue weighted by atomic mass is 32.2. The van der Waals surface area contributed by atoms with Crippen LogP contribution < -0.4 is 31.6 Å². The Balaban J connectivity index is 0.00000146. The molecule has 0 aliphatic carbocycles. The molecule has 2 rings (SSSR count). The van der Waals surface area contributed by atoms with E-state index in [0.29, 0.717) is 51.8 Å². The van der Waals surface area contributed by atoms with Crippen molar-refractivity contribution < 1.29 is 32.0 Å². The first kappa shape index (κ1) is 34.5. The monoisotopic (exact) mass is 580 g/mol. The number of carbonyl (C=O) groups excluding carboxylic acids is 2. The number of amides is 2. The number of nitrogen functional groups attached to an aromatic ring is 2. The third-order valence-corrected chi connectivity index (χ3v) is 5.39. The Morgan fingerprint density at radius 2 is 1.02 bits per heavy atom. The highest BCUT2D eigenvalue weighted by Gasteiger charge is 2.05. The summed E-state index contributed by atoms with van der Waals surface area (Å²) >= 11 is 0. The van der Waals surface area contributed by atoms with Crippen molar-refractivity contribution in [2.24, 2.45) is 0 Å². The van der Waals surface area contributed by atoms with Gasteiger partial charge in [0.1, 0.15) is 11.5 Å². The van der Waals surface area contributed by atoms with E-state index in [9.17, 15) is 18.0 Å². The number of ether oxygens (including phenoxy) is 2. The lowest BCUT2D eigenvalue weighted by atomic mass is 10.2. The van der Waals surface area contributed by atoms with E-state index in [4.69, 9.17) is 25.5 Å². The predicted octanol–water partition coefficient (Wildman–Crippen LogP) is 3.56. The summed E-state index contributed by atoms with van der Waals surface area (Å²) in [7, 11) is -3.67. The van der Waals surface area contributed by atoms with Crippen LogP contribution in [0.25, 0.3) is 0 Å². The molecular formula is C28H44N4O7S. The largest absolute Gasteiger partial charge is 0.494 e. The number of benzene rings is 2. The van der Waals surface area contributed by atoms with Gasteiger partial charge in [-0.05, 0) is 93.5 Å². The average Bonchev–Trinajstić information content (AvgIpc) is 2.88. The molecular weight excluding hydrogens is 536 g/mol. The van der Waals surface area contributed by atoms with E-state index < -0.39 is 10.1 Å². The van der Waals surface area contributed by atoms with Gasteiger partial charge in [-0.15, -0.1) is 0 Å². The van der Waals surface area contributed by atoms with Gasteiger partial charge in [0.2, 0.25) is 11.8 Å². The fourth-order valence-electron chi connectivity index (χ4n) is 3.36. The van der Waals surface area contributed by atoms with Crippen molar-refractivity contribution in [3.05, 3.63) is 48.5 Å². The van der Waals surface area contributed by atoms with Crippen LogP contribution in [0.1, 0.15) is 57.8 Å². The van der Waals surface area contributed by atoms with Crippen molar-refractivity contribution in [1.82, 2.24) is 10.6 Å². The van der Waals surface area contributed by atoms with Crippen LogP contribution in [-0.2, 0) is 19.7 Å². The van der Waals surface area contributed by atoms with Crippen LogP contribution in [-0.4, -0.2) is 57.3 Å². The molecule has 224 valence electrons. The van der Waals surface area contributed by atoms with E-state index in [1.54, 1.807) is 0 Å². The van der Waals surface area contributed by atoms with E-state index in [1.165, 1.54) is 0 Å². The second-order valence-electron chi connectivity index (χ2n) is 9.24. The van der Waals surface area contributed by atoms with Crippen molar-refractivity contribution in [2.45, 2.75) is 57.8 Å². The molecule has 2 aromatic rings. The quantitative estimate of drug-likeness (QED) is 0.0999. The maximum Gasteiger partial charge on any atom is 0.261 e. The van der Waals surface area contributed by atoms with Gasteiger partial charge < -0.3 is 31.6 Å². The summed E-state index contributed by atoms with van der Waals surface area (Å²) in [5, 5.41) is 5.83. The number of carbonyl (C=O) groups is 2. The molecule has 0 unspecified atom stereocenters. The van der Waals surface area contributed by atoms with E-state index in [2.05, 4.69) is 10.6 Å². The molecule has 0 saturated carbocycles. The lowest BCUT2D eigenvalue weighted by Gasteiger charge is -2.08. The lowest BCUT2D eigenvalue weighted by molar-refractivity contribution is -0.122. The maximum atomic E-state index is 11.9. The Hall–Kier alpha value is -3.51. The molecule has 0 aliphatic rings. The minimum Gasteiger partial charge on any atom is -0.494 e. The summed E-state index contributed by atoms with van der Waals surface area (Å²) < 4.78 is 37.2. The van der Waals surface area contributed by atoms with Gasteiger partial charge in [0.15, 0.2) is 0 Å². The van der Waals surface area contributed by atoms with Crippen molar-refractivity contribution in [1.29, 1.82) is 0 Å². The summed E-state index contributed by atoms with van der Waals surface area (Å²) in [6.45, 7) is 2.58. The van der Waals surface area contributed by atoms with Gasteiger partial charge in [-0.2, -0.15) is 8.42 Å². The van der Waals surface area contributed by atoms with Crippen LogP contribution in [0.15, 0.2) is 48.5 Å². The summed E-state index contributed by atoms with van der Waals surface area (Å²) in [6, 6.07) is 14.7. The second kappa shape index (κ2) is 20.4. The van der Waals surface area contributed by atoms with Crippen LogP contribution >= 0.6 is 0 Å². The standard InChI is InChI=1S/C27H40N4O4.CH4O3S/c28-22-10-14-24(15-11-22)34-20-5-1-3-18-30-26(32)8-7-9-27(33)31-19-4-2-6-21-35-25-16-12-23(29)13-17-25;1-5(2,3)4/h10-17H,1-9,18-21,28-29H2,(H,30,32)(H,31,33);1H3,(H,2,3,4). The number of hydrogen-bond donors (Lipinski definition) is 5. The minimum absolute atomic E-state index is 0.00275. The first-order valence-electron chi connectivity index (χ1n) is 13.5. The third kappa shape index (κ3) is 21.4. The summed E-state index contributed by atoms with van der Waals surface area (Å²) in [6.07, 6.45) is 7.63. The van der Waals surface area contributed by atoms with Crippen molar-refractivity contribution >= 4 is 33.3 Å². The molecule has 7 N–H and O–H groups in total. The van der Waals surface area contributed by atoms with E-state index in [1.807, 2.05) is 48.5 Å². The lowest BCUT2D eigenvalue weighted by Crippen LogP contribution is -2.26.